The van der Waals surface area contributed by atoms with E-state index in [2.05, 4.69) is 105 Å². The number of nitrogens with one attached hydrogen (secondary N) is 1. The van der Waals surface area contributed by atoms with Gasteiger partial charge in [-0.3, -0.25) is 24.7 Å². The van der Waals surface area contributed by atoms with Crippen molar-refractivity contribution in [2.45, 2.75) is 68.9 Å². The molecule has 4 aromatic rings. The molecule has 3 atom stereocenters. The van der Waals surface area contributed by atoms with Crippen molar-refractivity contribution in [1.82, 2.24) is 15.1 Å². The van der Waals surface area contributed by atoms with E-state index in [9.17, 15) is 14.7 Å². The number of phenolic OH excluding ortho intramolecular Hbond substituents is 1. The zero-order valence-corrected chi connectivity index (χ0v) is 28.8. The first-order chi connectivity index (χ1) is 24.5. The van der Waals surface area contributed by atoms with E-state index in [1.807, 2.05) is 12.1 Å². The summed E-state index contributed by atoms with van der Waals surface area (Å²) in [5.41, 5.74) is 8.96. The largest absolute Gasteiger partial charge is 0.508 e. The number of amides is 2. The van der Waals surface area contributed by atoms with Crippen LogP contribution in [0.4, 0.5) is 5.69 Å². The van der Waals surface area contributed by atoms with Crippen molar-refractivity contribution in [3.05, 3.63) is 130 Å². The zero-order chi connectivity index (χ0) is 34.0. The smallest absolute Gasteiger partial charge is 0.234 e. The molecule has 2 amide bonds. The molecule has 1 unspecified atom stereocenters. The molecule has 0 bridgehead atoms. The zero-order valence-electron chi connectivity index (χ0n) is 28.8. The first kappa shape index (κ1) is 32.7. The van der Waals surface area contributed by atoms with Crippen LogP contribution >= 0.6 is 0 Å². The number of carbonyl (C=O) groups excluding carboxylic acids is 2. The summed E-state index contributed by atoms with van der Waals surface area (Å²) in [6, 6.07) is 35.3. The highest BCUT2D eigenvalue weighted by atomic mass is 16.3. The number of rotatable bonds is 7. The van der Waals surface area contributed by atoms with Crippen LogP contribution in [0.25, 0.3) is 0 Å². The summed E-state index contributed by atoms with van der Waals surface area (Å²) in [6.07, 6.45) is 5.46. The monoisotopic (exact) mass is 668 g/mol. The molecule has 4 aliphatic rings. The Balaban J connectivity index is 0.846. The van der Waals surface area contributed by atoms with Crippen molar-refractivity contribution in [2.24, 2.45) is 0 Å². The second-order valence-electron chi connectivity index (χ2n) is 14.8. The van der Waals surface area contributed by atoms with Gasteiger partial charge in [0.05, 0.1) is 5.92 Å². The topological polar surface area (TPSA) is 76.1 Å². The highest BCUT2D eigenvalue weighted by Gasteiger charge is 2.33. The van der Waals surface area contributed by atoms with Crippen molar-refractivity contribution >= 4 is 17.5 Å². The minimum atomic E-state index is -0.222. The van der Waals surface area contributed by atoms with Gasteiger partial charge in [0.2, 0.25) is 11.8 Å². The summed E-state index contributed by atoms with van der Waals surface area (Å²) in [4.78, 5) is 31.6. The minimum Gasteiger partial charge on any atom is -0.508 e. The minimum absolute atomic E-state index is 0.166. The average Bonchev–Trinajstić information content (AvgIpc) is 3.16. The number of fused-ring (bicyclic) bond motifs is 1. The van der Waals surface area contributed by atoms with Gasteiger partial charge in [0.15, 0.2) is 0 Å². The number of nitrogens with zero attached hydrogens (tertiary/aromatic N) is 3. The van der Waals surface area contributed by atoms with Crippen LogP contribution in [0, 0.1) is 0 Å². The lowest BCUT2D eigenvalue weighted by molar-refractivity contribution is -0.134. The number of aryl methyl sites for hydroxylation is 1. The van der Waals surface area contributed by atoms with Crippen LogP contribution in [0.1, 0.15) is 83.2 Å². The molecule has 0 radical (unpaired) electrons. The van der Waals surface area contributed by atoms with Crippen LogP contribution in [0.15, 0.2) is 97.1 Å². The number of aromatic hydroxyl groups is 1. The number of benzene rings is 4. The molecule has 3 heterocycles. The van der Waals surface area contributed by atoms with E-state index >= 15 is 0 Å². The Morgan fingerprint density at radius 2 is 1.40 bits per heavy atom. The predicted molar refractivity (Wildman–Crippen MR) is 198 cm³/mol. The Bertz CT molecular complexity index is 1790. The fourth-order valence-corrected chi connectivity index (χ4v) is 9.07. The number of piperidine rings is 2. The van der Waals surface area contributed by atoms with Crippen molar-refractivity contribution < 1.29 is 14.7 Å². The summed E-state index contributed by atoms with van der Waals surface area (Å²) in [5.74, 6) is 0.492. The number of piperazine rings is 1. The molecular formula is C43H48N4O3. The molecule has 1 aliphatic carbocycles. The van der Waals surface area contributed by atoms with E-state index in [-0.39, 0.29) is 23.7 Å². The summed E-state index contributed by atoms with van der Waals surface area (Å²) < 4.78 is 0. The molecule has 0 aromatic heterocycles. The number of carbonyl (C=O) groups is 2. The number of hydrogen-bond acceptors (Lipinski definition) is 6. The molecule has 50 heavy (non-hydrogen) atoms. The maximum atomic E-state index is 12.3. The third kappa shape index (κ3) is 6.94. The van der Waals surface area contributed by atoms with Crippen LogP contribution in [-0.4, -0.2) is 72.0 Å². The van der Waals surface area contributed by atoms with Crippen LogP contribution in [0.5, 0.6) is 5.75 Å². The van der Waals surface area contributed by atoms with Gasteiger partial charge >= 0.3 is 0 Å². The summed E-state index contributed by atoms with van der Waals surface area (Å²) in [7, 11) is 0. The van der Waals surface area contributed by atoms with Gasteiger partial charge in [0.25, 0.3) is 0 Å². The van der Waals surface area contributed by atoms with Crippen molar-refractivity contribution in [3.8, 4) is 5.75 Å². The van der Waals surface area contributed by atoms with Gasteiger partial charge in [-0.1, -0.05) is 72.8 Å². The van der Waals surface area contributed by atoms with Gasteiger partial charge < -0.3 is 10.0 Å². The SMILES string of the molecule is O=C1CCC(c2ccc(CN3CCN(C4CCN(c5ccc([C@H]6c7ccc(O)cc7CC[C@H]6c6ccccc6)cc5)CC4)CC3)cc2)C(=O)N1. The van der Waals surface area contributed by atoms with Crippen molar-refractivity contribution in [3.63, 3.8) is 0 Å². The lowest BCUT2D eigenvalue weighted by Crippen LogP contribution is -2.53. The normalized spacial score (nSPS) is 23.8. The molecule has 2 N–H and O–H groups in total. The molecule has 0 spiro atoms. The number of imide groups is 1. The van der Waals surface area contributed by atoms with Crippen molar-refractivity contribution in [1.29, 1.82) is 0 Å². The second-order valence-corrected chi connectivity index (χ2v) is 14.8. The number of anilines is 1. The highest BCUT2D eigenvalue weighted by molar-refractivity contribution is 6.00. The summed E-state index contributed by atoms with van der Waals surface area (Å²) in [5, 5.41) is 12.7. The molecule has 7 heteroatoms. The molecular weight excluding hydrogens is 620 g/mol. The Labute approximate surface area is 295 Å². The second kappa shape index (κ2) is 14.4. The fraction of sp³-hybridized carbons (Fsp3) is 0.395. The Morgan fingerprint density at radius 3 is 2.12 bits per heavy atom. The quantitative estimate of drug-likeness (QED) is 0.217. The Hall–Kier alpha value is -4.46. The maximum Gasteiger partial charge on any atom is 0.234 e. The van der Waals surface area contributed by atoms with Gasteiger partial charge in [-0.25, -0.2) is 0 Å². The third-order valence-corrected chi connectivity index (χ3v) is 11.8. The molecule has 3 saturated heterocycles. The molecule has 7 nitrogen and oxygen atoms in total. The number of phenols is 1. The van der Waals surface area contributed by atoms with E-state index < -0.39 is 0 Å². The highest BCUT2D eigenvalue weighted by Crippen LogP contribution is 2.47. The maximum absolute atomic E-state index is 12.3. The van der Waals surface area contributed by atoms with Crippen LogP contribution in [0.2, 0.25) is 0 Å². The predicted octanol–water partition coefficient (Wildman–Crippen LogP) is 6.56. The first-order valence-electron chi connectivity index (χ1n) is 18.6. The van der Waals surface area contributed by atoms with Crippen LogP contribution < -0.4 is 10.2 Å². The number of hydrogen-bond donors (Lipinski definition) is 2. The van der Waals surface area contributed by atoms with Crippen LogP contribution in [-0.2, 0) is 22.6 Å². The molecule has 3 aliphatic heterocycles. The van der Waals surface area contributed by atoms with Gasteiger partial charge in [0, 0.05) is 69.9 Å². The van der Waals surface area contributed by atoms with Crippen LogP contribution in [0.3, 0.4) is 0 Å². The van der Waals surface area contributed by atoms with E-state index in [0.717, 1.165) is 64.2 Å². The fourth-order valence-electron chi connectivity index (χ4n) is 9.07. The average molecular weight is 669 g/mol. The van der Waals surface area contributed by atoms with E-state index in [1.165, 1.54) is 46.3 Å². The third-order valence-electron chi connectivity index (χ3n) is 11.8. The van der Waals surface area contributed by atoms with E-state index in [4.69, 9.17) is 0 Å². The standard InChI is InChI=1S/C43H48N4O3/c48-37-15-17-39-34(28-37)12-16-38(31-4-2-1-3-5-31)42(39)33-10-13-35(14-11-33)46-22-20-36(21-23-46)47-26-24-45(25-27-47)29-30-6-8-32(9-7-30)40-18-19-41(49)44-43(40)50/h1-11,13-15,17,28,36,38,40,42,48H,12,16,18-27,29H2,(H,44,49,50)/t38-,40?,42+/m0/s1. The van der Waals surface area contributed by atoms with E-state index in [0.29, 0.717) is 30.6 Å². The molecule has 258 valence electrons. The molecule has 3 fully saturated rings. The molecule has 4 aromatic carbocycles. The van der Waals surface area contributed by atoms with E-state index in [1.54, 1.807) is 0 Å². The Morgan fingerprint density at radius 1 is 0.680 bits per heavy atom. The van der Waals surface area contributed by atoms with Crippen molar-refractivity contribution in [2.75, 3.05) is 44.2 Å². The summed E-state index contributed by atoms with van der Waals surface area (Å²) in [6.45, 7) is 7.46. The van der Waals surface area contributed by atoms with Gasteiger partial charge in [-0.2, -0.15) is 0 Å². The van der Waals surface area contributed by atoms with Gasteiger partial charge in [0.1, 0.15) is 5.75 Å². The molecule has 8 rings (SSSR count). The Kier molecular flexibility index (Phi) is 9.43. The lowest BCUT2D eigenvalue weighted by atomic mass is 9.69. The molecule has 0 saturated carbocycles. The van der Waals surface area contributed by atoms with Gasteiger partial charge in [-0.15, -0.1) is 0 Å². The van der Waals surface area contributed by atoms with Gasteiger partial charge in [-0.05, 0) is 95.7 Å². The first-order valence-corrected chi connectivity index (χ1v) is 18.6. The summed E-state index contributed by atoms with van der Waals surface area (Å²) >= 11 is 0. The lowest BCUT2D eigenvalue weighted by Gasteiger charge is -2.43.